The highest BCUT2D eigenvalue weighted by Crippen LogP contribution is 2.38. The fourth-order valence-electron chi connectivity index (χ4n) is 4.03. The molecule has 4 atom stereocenters. The lowest BCUT2D eigenvalue weighted by atomic mass is 9.74. The van der Waals surface area contributed by atoms with Crippen molar-refractivity contribution >= 4 is 0 Å². The molecule has 2 heteroatoms. The zero-order valence-corrected chi connectivity index (χ0v) is 13.7. The molecule has 1 aliphatic heterocycles. The van der Waals surface area contributed by atoms with E-state index in [0.29, 0.717) is 17.5 Å². The Kier molecular flexibility index (Phi) is 4.94. The van der Waals surface area contributed by atoms with Crippen LogP contribution in [0.25, 0.3) is 0 Å². The first-order valence-corrected chi connectivity index (χ1v) is 8.42. The quantitative estimate of drug-likeness (QED) is 0.838. The van der Waals surface area contributed by atoms with Gasteiger partial charge in [0.15, 0.2) is 0 Å². The first-order valence-electron chi connectivity index (χ1n) is 8.42. The Morgan fingerprint density at radius 1 is 1.37 bits per heavy atom. The highest BCUT2D eigenvalue weighted by atomic mass is 15.3. The van der Waals surface area contributed by atoms with Crippen LogP contribution in [0.4, 0.5) is 0 Å². The molecule has 2 aliphatic rings. The van der Waals surface area contributed by atoms with Crippen LogP contribution in [0.5, 0.6) is 0 Å². The number of piperazine rings is 1. The van der Waals surface area contributed by atoms with Crippen molar-refractivity contribution in [3.8, 4) is 0 Å². The van der Waals surface area contributed by atoms with Crippen LogP contribution < -0.4 is 5.32 Å². The number of nitrogens with one attached hydrogen (secondary N) is 1. The van der Waals surface area contributed by atoms with Gasteiger partial charge in [-0.2, -0.15) is 0 Å². The zero-order chi connectivity index (χ0) is 14.0. The van der Waals surface area contributed by atoms with Crippen LogP contribution in [0.2, 0.25) is 0 Å². The smallest absolute Gasteiger partial charge is 0.0221 e. The highest BCUT2D eigenvalue weighted by Gasteiger charge is 2.36. The van der Waals surface area contributed by atoms with Crippen molar-refractivity contribution in [3.63, 3.8) is 0 Å². The summed E-state index contributed by atoms with van der Waals surface area (Å²) in [5.41, 5.74) is 0.555. The first kappa shape index (κ1) is 15.3. The second kappa shape index (κ2) is 6.13. The Bertz CT molecular complexity index is 287. The molecule has 0 spiro atoms. The molecule has 0 aromatic heterocycles. The zero-order valence-electron chi connectivity index (χ0n) is 13.7. The molecule has 0 aromatic rings. The van der Waals surface area contributed by atoms with Crippen LogP contribution in [0.1, 0.15) is 66.7 Å². The van der Waals surface area contributed by atoms with Crippen LogP contribution in [-0.4, -0.2) is 36.1 Å². The molecule has 1 heterocycles. The topological polar surface area (TPSA) is 15.3 Å². The van der Waals surface area contributed by atoms with Gasteiger partial charge in [0.05, 0.1) is 0 Å². The van der Waals surface area contributed by atoms with Crippen molar-refractivity contribution in [2.24, 2.45) is 11.3 Å². The van der Waals surface area contributed by atoms with Crippen LogP contribution in [-0.2, 0) is 0 Å². The molecule has 2 fully saturated rings. The second-order valence-electron chi connectivity index (χ2n) is 7.86. The molecule has 2 nitrogen and oxygen atoms in total. The Morgan fingerprint density at radius 2 is 2.11 bits per heavy atom. The number of rotatable bonds is 3. The lowest BCUT2D eigenvalue weighted by Crippen LogP contribution is -2.61. The maximum absolute atomic E-state index is 3.77. The third-order valence-corrected chi connectivity index (χ3v) is 5.63. The second-order valence-corrected chi connectivity index (χ2v) is 7.86. The molecule has 1 N–H and O–H groups in total. The summed E-state index contributed by atoms with van der Waals surface area (Å²) >= 11 is 0. The molecule has 1 saturated carbocycles. The van der Waals surface area contributed by atoms with E-state index in [9.17, 15) is 0 Å². The lowest BCUT2D eigenvalue weighted by molar-refractivity contribution is 0.0288. The summed E-state index contributed by atoms with van der Waals surface area (Å²) in [5.74, 6) is 0.798. The predicted octanol–water partition coefficient (Wildman–Crippen LogP) is 3.66. The summed E-state index contributed by atoms with van der Waals surface area (Å²) in [5, 5.41) is 3.77. The maximum Gasteiger partial charge on any atom is 0.0221 e. The van der Waals surface area contributed by atoms with Gasteiger partial charge in [-0.1, -0.05) is 40.5 Å². The molecule has 112 valence electrons. The van der Waals surface area contributed by atoms with Crippen LogP contribution in [0, 0.1) is 11.3 Å². The lowest BCUT2D eigenvalue weighted by Gasteiger charge is -2.48. The van der Waals surface area contributed by atoms with Crippen molar-refractivity contribution in [1.29, 1.82) is 0 Å². The fraction of sp³-hybridized carbons (Fsp3) is 1.00. The Hall–Kier alpha value is -0.0800. The van der Waals surface area contributed by atoms with E-state index in [1.165, 1.54) is 45.2 Å². The van der Waals surface area contributed by atoms with Gasteiger partial charge in [-0.25, -0.2) is 0 Å². The Morgan fingerprint density at radius 3 is 2.74 bits per heavy atom. The highest BCUT2D eigenvalue weighted by molar-refractivity contribution is 4.93. The van der Waals surface area contributed by atoms with E-state index in [4.69, 9.17) is 0 Å². The predicted molar refractivity (Wildman–Crippen MR) is 83.5 cm³/mol. The third kappa shape index (κ3) is 3.72. The van der Waals surface area contributed by atoms with Gasteiger partial charge in [-0.15, -0.1) is 0 Å². The van der Waals surface area contributed by atoms with Gasteiger partial charge in [0, 0.05) is 31.2 Å². The summed E-state index contributed by atoms with van der Waals surface area (Å²) in [6.45, 7) is 14.5. The molecule has 4 unspecified atom stereocenters. The van der Waals surface area contributed by atoms with Gasteiger partial charge < -0.3 is 5.32 Å². The molecule has 2 rings (SSSR count). The molecule has 0 amide bonds. The summed E-state index contributed by atoms with van der Waals surface area (Å²) in [6, 6.07) is 2.23. The van der Waals surface area contributed by atoms with E-state index in [1.54, 1.807) is 0 Å². The molecular weight excluding hydrogens is 232 g/mol. The largest absolute Gasteiger partial charge is 0.311 e. The average Bonchev–Trinajstić information content (AvgIpc) is 2.37. The van der Waals surface area contributed by atoms with Gasteiger partial charge in [-0.05, 0) is 37.5 Å². The molecular formula is C17H34N2. The van der Waals surface area contributed by atoms with Gasteiger partial charge in [0.2, 0.25) is 0 Å². The van der Waals surface area contributed by atoms with Crippen molar-refractivity contribution in [3.05, 3.63) is 0 Å². The van der Waals surface area contributed by atoms with Crippen LogP contribution in [0.15, 0.2) is 0 Å². The van der Waals surface area contributed by atoms with Crippen molar-refractivity contribution in [1.82, 2.24) is 10.2 Å². The number of hydrogen-bond donors (Lipinski definition) is 1. The first-order chi connectivity index (χ1) is 8.93. The normalized spacial score (nSPS) is 38.1. The van der Waals surface area contributed by atoms with Gasteiger partial charge in [0.1, 0.15) is 0 Å². The summed E-state index contributed by atoms with van der Waals surface area (Å²) in [7, 11) is 0. The summed E-state index contributed by atoms with van der Waals surface area (Å²) in [4.78, 5) is 2.83. The molecule has 0 aromatic carbocycles. The van der Waals surface area contributed by atoms with E-state index in [0.717, 1.165) is 12.0 Å². The van der Waals surface area contributed by atoms with Gasteiger partial charge in [0.25, 0.3) is 0 Å². The summed E-state index contributed by atoms with van der Waals surface area (Å²) in [6.07, 6.45) is 6.93. The van der Waals surface area contributed by atoms with Crippen LogP contribution >= 0.6 is 0 Å². The van der Waals surface area contributed by atoms with Crippen LogP contribution in [0.3, 0.4) is 0 Å². The van der Waals surface area contributed by atoms with Crippen molar-refractivity contribution in [2.75, 3.05) is 13.1 Å². The molecule has 1 saturated heterocycles. The van der Waals surface area contributed by atoms with E-state index in [-0.39, 0.29) is 0 Å². The number of nitrogens with zero attached hydrogens (tertiary/aromatic N) is 1. The van der Waals surface area contributed by atoms with E-state index in [2.05, 4.69) is 44.8 Å². The Balaban J connectivity index is 2.00. The minimum atomic E-state index is 0.555. The minimum absolute atomic E-state index is 0.555. The number of hydrogen-bond acceptors (Lipinski definition) is 2. The summed E-state index contributed by atoms with van der Waals surface area (Å²) < 4.78 is 0. The van der Waals surface area contributed by atoms with E-state index < -0.39 is 0 Å². The van der Waals surface area contributed by atoms with Gasteiger partial charge in [-0.3, -0.25) is 4.90 Å². The average molecular weight is 266 g/mol. The third-order valence-electron chi connectivity index (χ3n) is 5.63. The van der Waals surface area contributed by atoms with Crippen molar-refractivity contribution in [2.45, 2.75) is 84.8 Å². The molecule has 1 aliphatic carbocycles. The van der Waals surface area contributed by atoms with Gasteiger partial charge >= 0.3 is 0 Å². The monoisotopic (exact) mass is 266 g/mol. The SMILES string of the molecule is CCC(C)C1CN(C2CCCC(C)(C)C2)C(C)CN1. The molecule has 19 heavy (non-hydrogen) atoms. The molecule has 0 bridgehead atoms. The Labute approximate surface area is 120 Å². The fourth-order valence-corrected chi connectivity index (χ4v) is 4.03. The minimum Gasteiger partial charge on any atom is -0.311 e. The molecule has 0 radical (unpaired) electrons. The van der Waals surface area contributed by atoms with Crippen molar-refractivity contribution < 1.29 is 0 Å². The standard InChI is InChI=1S/C17H34N2/c1-6-13(2)16-12-19(14(3)11-18-16)15-8-7-9-17(4,5)10-15/h13-16,18H,6-12H2,1-5H3. The van der Waals surface area contributed by atoms with E-state index >= 15 is 0 Å². The van der Waals surface area contributed by atoms with E-state index in [1.807, 2.05) is 0 Å². The maximum atomic E-state index is 3.77.